The summed E-state index contributed by atoms with van der Waals surface area (Å²) < 4.78 is 0. The Balaban J connectivity index is 2.40. The van der Waals surface area contributed by atoms with E-state index in [4.69, 9.17) is 5.11 Å². The van der Waals surface area contributed by atoms with Crippen LogP contribution in [-0.4, -0.2) is 41.8 Å². The number of aliphatic hydroxyl groups excluding tert-OH is 1. The van der Waals surface area contributed by atoms with Crippen molar-refractivity contribution in [2.45, 2.75) is 64.8 Å². The van der Waals surface area contributed by atoms with E-state index in [0.29, 0.717) is 12.5 Å². The predicted octanol–water partition coefficient (Wildman–Crippen LogP) is 2.76. The van der Waals surface area contributed by atoms with Crippen LogP contribution in [0.15, 0.2) is 0 Å². The van der Waals surface area contributed by atoms with Crippen LogP contribution in [0.2, 0.25) is 0 Å². The van der Waals surface area contributed by atoms with Crippen molar-refractivity contribution < 1.29 is 9.90 Å². The first kappa shape index (κ1) is 16.3. The molecule has 1 atom stereocenters. The van der Waals surface area contributed by atoms with E-state index in [1.807, 2.05) is 0 Å². The van der Waals surface area contributed by atoms with Crippen molar-refractivity contribution in [2.75, 3.05) is 19.7 Å². The molecular formula is C15H30N2O2. The number of carbonyl (C=O) groups excluding carboxylic acids is 1. The van der Waals surface area contributed by atoms with Crippen molar-refractivity contribution in [3.8, 4) is 0 Å². The molecule has 1 unspecified atom stereocenters. The van der Waals surface area contributed by atoms with Crippen molar-refractivity contribution >= 4 is 6.03 Å². The first-order valence-electron chi connectivity index (χ1n) is 7.85. The molecule has 1 aliphatic rings. The third-order valence-corrected chi connectivity index (χ3v) is 4.15. The van der Waals surface area contributed by atoms with Gasteiger partial charge in [-0.1, -0.05) is 32.6 Å². The molecule has 0 saturated heterocycles. The lowest BCUT2D eigenvalue weighted by Gasteiger charge is -2.31. The van der Waals surface area contributed by atoms with Gasteiger partial charge in [-0.15, -0.1) is 0 Å². The molecule has 0 heterocycles. The van der Waals surface area contributed by atoms with Crippen LogP contribution in [0.1, 0.15) is 58.8 Å². The van der Waals surface area contributed by atoms with E-state index >= 15 is 0 Å². The summed E-state index contributed by atoms with van der Waals surface area (Å²) in [5.41, 5.74) is 0. The fourth-order valence-corrected chi connectivity index (χ4v) is 2.82. The minimum atomic E-state index is -0.0134. The molecule has 1 aliphatic carbocycles. The van der Waals surface area contributed by atoms with Gasteiger partial charge in [0.15, 0.2) is 0 Å². The summed E-state index contributed by atoms with van der Waals surface area (Å²) in [6.45, 7) is 5.43. The number of amides is 2. The predicted molar refractivity (Wildman–Crippen MR) is 78.1 cm³/mol. The van der Waals surface area contributed by atoms with Crippen molar-refractivity contribution in [3.63, 3.8) is 0 Å². The van der Waals surface area contributed by atoms with E-state index in [0.717, 1.165) is 19.4 Å². The Labute approximate surface area is 117 Å². The highest BCUT2D eigenvalue weighted by atomic mass is 16.3. The molecule has 0 spiro atoms. The standard InChI is InChI=1S/C15H30N2O2/c1-3-4-10-17(11-12-18)15(19)16-13(2)14-8-6-5-7-9-14/h13-14,18H,3-12H2,1-2H3,(H,16,19). The summed E-state index contributed by atoms with van der Waals surface area (Å²) in [4.78, 5) is 13.9. The Morgan fingerprint density at radius 1 is 1.32 bits per heavy atom. The van der Waals surface area contributed by atoms with Gasteiger partial charge in [0.05, 0.1) is 6.61 Å². The summed E-state index contributed by atoms with van der Waals surface area (Å²) in [5.74, 6) is 0.625. The van der Waals surface area contributed by atoms with Crippen LogP contribution in [-0.2, 0) is 0 Å². The van der Waals surface area contributed by atoms with Gasteiger partial charge in [0.25, 0.3) is 0 Å². The fourth-order valence-electron chi connectivity index (χ4n) is 2.82. The molecule has 4 nitrogen and oxygen atoms in total. The first-order valence-corrected chi connectivity index (χ1v) is 7.85. The van der Waals surface area contributed by atoms with Crippen LogP contribution >= 0.6 is 0 Å². The van der Waals surface area contributed by atoms with Crippen molar-refractivity contribution in [1.82, 2.24) is 10.2 Å². The summed E-state index contributed by atoms with van der Waals surface area (Å²) in [6, 6.07) is 0.233. The molecule has 112 valence electrons. The number of unbranched alkanes of at least 4 members (excludes halogenated alkanes) is 1. The number of hydrogen-bond acceptors (Lipinski definition) is 2. The molecule has 0 radical (unpaired) electrons. The lowest BCUT2D eigenvalue weighted by molar-refractivity contribution is 0.167. The number of urea groups is 1. The third-order valence-electron chi connectivity index (χ3n) is 4.15. The molecule has 1 fully saturated rings. The number of rotatable bonds is 7. The maximum absolute atomic E-state index is 12.2. The molecule has 0 bridgehead atoms. The van der Waals surface area contributed by atoms with Crippen LogP contribution in [0.25, 0.3) is 0 Å². The van der Waals surface area contributed by atoms with Crippen molar-refractivity contribution in [2.24, 2.45) is 5.92 Å². The van der Waals surface area contributed by atoms with Gasteiger partial charge in [0.1, 0.15) is 0 Å². The second-order valence-electron chi connectivity index (χ2n) is 5.70. The van der Waals surface area contributed by atoms with Gasteiger partial charge >= 0.3 is 6.03 Å². The molecule has 1 rings (SSSR count). The van der Waals surface area contributed by atoms with Gasteiger partial charge < -0.3 is 15.3 Å². The van der Waals surface area contributed by atoms with E-state index in [2.05, 4.69) is 19.2 Å². The Kier molecular flexibility index (Phi) is 7.87. The molecule has 2 N–H and O–H groups in total. The largest absolute Gasteiger partial charge is 0.395 e. The number of hydrogen-bond donors (Lipinski definition) is 2. The normalized spacial score (nSPS) is 18.1. The highest BCUT2D eigenvalue weighted by molar-refractivity contribution is 5.74. The quantitative estimate of drug-likeness (QED) is 0.747. The van der Waals surface area contributed by atoms with Gasteiger partial charge in [0.2, 0.25) is 0 Å². The maximum atomic E-state index is 12.2. The smallest absolute Gasteiger partial charge is 0.317 e. The first-order chi connectivity index (χ1) is 9.19. The molecule has 1 saturated carbocycles. The molecule has 0 aromatic heterocycles. The number of nitrogens with zero attached hydrogens (tertiary/aromatic N) is 1. The van der Waals surface area contributed by atoms with Gasteiger partial charge in [-0.3, -0.25) is 0 Å². The lowest BCUT2D eigenvalue weighted by atomic mass is 9.84. The monoisotopic (exact) mass is 270 g/mol. The average Bonchev–Trinajstić information content (AvgIpc) is 2.44. The van der Waals surface area contributed by atoms with Crippen molar-refractivity contribution in [1.29, 1.82) is 0 Å². The molecule has 0 aromatic carbocycles. The number of nitrogens with one attached hydrogen (secondary N) is 1. The Morgan fingerprint density at radius 2 is 2.00 bits per heavy atom. The molecular weight excluding hydrogens is 240 g/mol. The average molecular weight is 270 g/mol. The van der Waals surface area contributed by atoms with Crippen LogP contribution in [0.3, 0.4) is 0 Å². The van der Waals surface area contributed by atoms with E-state index < -0.39 is 0 Å². The van der Waals surface area contributed by atoms with Crippen molar-refractivity contribution in [3.05, 3.63) is 0 Å². The highest BCUT2D eigenvalue weighted by Crippen LogP contribution is 2.26. The summed E-state index contributed by atoms with van der Waals surface area (Å²) in [5, 5.41) is 12.2. The molecule has 0 aliphatic heterocycles. The van der Waals surface area contributed by atoms with E-state index in [-0.39, 0.29) is 18.7 Å². The summed E-state index contributed by atoms with van der Waals surface area (Å²) in [6.07, 6.45) is 8.44. The second-order valence-corrected chi connectivity index (χ2v) is 5.70. The number of carbonyl (C=O) groups is 1. The van der Waals surface area contributed by atoms with Crippen LogP contribution in [0, 0.1) is 5.92 Å². The maximum Gasteiger partial charge on any atom is 0.317 e. The SMILES string of the molecule is CCCCN(CCO)C(=O)NC(C)C1CCCCC1. The molecule has 0 aromatic rings. The van der Waals surface area contributed by atoms with E-state index in [1.165, 1.54) is 32.1 Å². The van der Waals surface area contributed by atoms with E-state index in [1.54, 1.807) is 4.90 Å². The van der Waals surface area contributed by atoms with Crippen LogP contribution < -0.4 is 5.32 Å². The zero-order valence-corrected chi connectivity index (χ0v) is 12.5. The van der Waals surface area contributed by atoms with Gasteiger partial charge in [-0.2, -0.15) is 0 Å². The number of aliphatic hydroxyl groups is 1. The molecule has 19 heavy (non-hydrogen) atoms. The Morgan fingerprint density at radius 3 is 2.58 bits per heavy atom. The van der Waals surface area contributed by atoms with Crippen LogP contribution in [0.4, 0.5) is 4.79 Å². The van der Waals surface area contributed by atoms with E-state index in [9.17, 15) is 4.79 Å². The third kappa shape index (κ3) is 5.81. The summed E-state index contributed by atoms with van der Waals surface area (Å²) >= 11 is 0. The van der Waals surface area contributed by atoms with Crippen LogP contribution in [0.5, 0.6) is 0 Å². The van der Waals surface area contributed by atoms with Gasteiger partial charge in [-0.05, 0) is 32.1 Å². The fraction of sp³-hybridized carbons (Fsp3) is 0.933. The zero-order chi connectivity index (χ0) is 14.1. The minimum absolute atomic E-state index is 0.0134. The topological polar surface area (TPSA) is 52.6 Å². The van der Waals surface area contributed by atoms with Gasteiger partial charge in [-0.25, -0.2) is 4.79 Å². The minimum Gasteiger partial charge on any atom is -0.395 e. The van der Waals surface area contributed by atoms with Gasteiger partial charge in [0, 0.05) is 19.1 Å². The lowest BCUT2D eigenvalue weighted by Crippen LogP contribution is -2.47. The Bertz CT molecular complexity index is 253. The molecule has 2 amide bonds. The summed E-state index contributed by atoms with van der Waals surface area (Å²) in [7, 11) is 0. The molecule has 4 heteroatoms. The Hall–Kier alpha value is -0.770. The highest BCUT2D eigenvalue weighted by Gasteiger charge is 2.23. The second kappa shape index (κ2) is 9.18. The zero-order valence-electron chi connectivity index (χ0n) is 12.5.